The third-order valence-electron chi connectivity index (χ3n) is 3.12. The van der Waals surface area contributed by atoms with Crippen molar-refractivity contribution in [3.05, 3.63) is 0 Å². The Morgan fingerprint density at radius 1 is 1.42 bits per heavy atom. The second-order valence-electron chi connectivity index (χ2n) is 4.04. The molecule has 1 aliphatic carbocycles. The minimum absolute atomic E-state index is 0.00255. The number of nitrogens with one attached hydrogen (secondary N) is 1. The van der Waals surface area contributed by atoms with Gasteiger partial charge in [0.25, 0.3) is 0 Å². The molecule has 0 heterocycles. The molecule has 2 nitrogen and oxygen atoms in total. The molecule has 12 heavy (non-hydrogen) atoms. The van der Waals surface area contributed by atoms with Gasteiger partial charge in [-0.3, -0.25) is 5.32 Å². The second-order valence-corrected chi connectivity index (χ2v) is 4.04. The highest BCUT2D eigenvalue weighted by atomic mass is 15.0. The fraction of sp³-hybridized carbons (Fsp3) is 0.900. The van der Waals surface area contributed by atoms with Gasteiger partial charge in [0.05, 0.1) is 12.1 Å². The molecule has 1 rings (SSSR count). The Bertz CT molecular complexity index is 183. The van der Waals surface area contributed by atoms with Crippen molar-refractivity contribution < 1.29 is 0 Å². The molecule has 0 spiro atoms. The van der Waals surface area contributed by atoms with Crippen LogP contribution in [0.4, 0.5) is 0 Å². The third kappa shape index (κ3) is 1.98. The van der Waals surface area contributed by atoms with Gasteiger partial charge in [-0.15, -0.1) is 0 Å². The van der Waals surface area contributed by atoms with Gasteiger partial charge in [-0.25, -0.2) is 0 Å². The summed E-state index contributed by atoms with van der Waals surface area (Å²) in [7, 11) is 0. The van der Waals surface area contributed by atoms with Crippen molar-refractivity contribution in [2.75, 3.05) is 0 Å². The van der Waals surface area contributed by atoms with E-state index >= 15 is 0 Å². The quantitative estimate of drug-likeness (QED) is 0.680. The van der Waals surface area contributed by atoms with Crippen LogP contribution in [0.25, 0.3) is 0 Å². The first-order valence-corrected chi connectivity index (χ1v) is 4.80. The van der Waals surface area contributed by atoms with Crippen LogP contribution in [0.3, 0.4) is 0 Å². The molecule has 0 bridgehead atoms. The van der Waals surface area contributed by atoms with Crippen LogP contribution in [0.15, 0.2) is 0 Å². The molecule has 0 saturated heterocycles. The van der Waals surface area contributed by atoms with Crippen molar-refractivity contribution in [3.8, 4) is 6.07 Å². The van der Waals surface area contributed by atoms with Crippen LogP contribution in [0.2, 0.25) is 0 Å². The van der Waals surface area contributed by atoms with Crippen LogP contribution in [-0.2, 0) is 0 Å². The molecule has 4 unspecified atom stereocenters. The topological polar surface area (TPSA) is 35.8 Å². The Labute approximate surface area is 75.0 Å². The van der Waals surface area contributed by atoms with E-state index in [2.05, 4.69) is 25.2 Å². The van der Waals surface area contributed by atoms with E-state index in [0.29, 0.717) is 6.04 Å². The molecule has 0 amide bonds. The Morgan fingerprint density at radius 2 is 2.08 bits per heavy atom. The first-order valence-electron chi connectivity index (χ1n) is 4.80. The maximum absolute atomic E-state index is 8.63. The van der Waals surface area contributed by atoms with Crippen molar-refractivity contribution in [1.29, 1.82) is 5.26 Å². The van der Waals surface area contributed by atoms with Crippen LogP contribution in [-0.4, -0.2) is 12.1 Å². The fourth-order valence-corrected chi connectivity index (χ4v) is 1.96. The highest BCUT2D eigenvalue weighted by Gasteiger charge is 2.29. The lowest BCUT2D eigenvalue weighted by atomic mass is 9.97. The van der Waals surface area contributed by atoms with Crippen molar-refractivity contribution in [2.45, 2.75) is 45.7 Å². The number of nitriles is 1. The summed E-state index contributed by atoms with van der Waals surface area (Å²) in [4.78, 5) is 0. The summed E-state index contributed by atoms with van der Waals surface area (Å²) in [5, 5.41) is 12.0. The maximum atomic E-state index is 8.63. The molecule has 0 aromatic rings. The van der Waals surface area contributed by atoms with E-state index in [-0.39, 0.29) is 6.04 Å². The zero-order chi connectivity index (χ0) is 9.14. The molecule has 1 fully saturated rings. The predicted molar refractivity (Wildman–Crippen MR) is 49.6 cm³/mol. The lowest BCUT2D eigenvalue weighted by Crippen LogP contribution is -2.38. The summed E-state index contributed by atoms with van der Waals surface area (Å²) in [6.45, 7) is 6.50. The van der Waals surface area contributed by atoms with Crippen molar-refractivity contribution in [3.63, 3.8) is 0 Å². The third-order valence-corrected chi connectivity index (χ3v) is 3.12. The average molecular weight is 166 g/mol. The van der Waals surface area contributed by atoms with E-state index in [1.54, 1.807) is 0 Å². The van der Waals surface area contributed by atoms with E-state index in [9.17, 15) is 0 Å². The highest BCUT2D eigenvalue weighted by molar-refractivity contribution is 4.92. The summed E-state index contributed by atoms with van der Waals surface area (Å²) in [5.41, 5.74) is 0. The minimum Gasteiger partial charge on any atom is -0.299 e. The smallest absolute Gasteiger partial charge is 0.0926 e. The van der Waals surface area contributed by atoms with Gasteiger partial charge in [0, 0.05) is 6.04 Å². The number of hydrogen-bond donors (Lipinski definition) is 1. The van der Waals surface area contributed by atoms with Crippen LogP contribution in [0, 0.1) is 23.2 Å². The largest absolute Gasteiger partial charge is 0.299 e. The van der Waals surface area contributed by atoms with E-state index in [1.807, 2.05) is 6.92 Å². The Morgan fingerprint density at radius 3 is 2.50 bits per heavy atom. The van der Waals surface area contributed by atoms with Gasteiger partial charge >= 0.3 is 0 Å². The molecule has 0 aromatic heterocycles. The molecule has 0 radical (unpaired) electrons. The lowest BCUT2D eigenvalue weighted by Gasteiger charge is -2.20. The summed E-state index contributed by atoms with van der Waals surface area (Å²) in [6, 6.07) is 2.78. The molecule has 1 saturated carbocycles. The highest BCUT2D eigenvalue weighted by Crippen LogP contribution is 2.31. The first kappa shape index (κ1) is 9.54. The van der Waals surface area contributed by atoms with Gasteiger partial charge in [-0.1, -0.05) is 13.8 Å². The Balaban J connectivity index is 2.40. The number of hydrogen-bond acceptors (Lipinski definition) is 2. The minimum atomic E-state index is 0.00255. The van der Waals surface area contributed by atoms with Crippen molar-refractivity contribution in [1.82, 2.24) is 5.32 Å². The first-order chi connectivity index (χ1) is 5.65. The molecule has 1 N–H and O–H groups in total. The van der Waals surface area contributed by atoms with Crippen LogP contribution in [0.5, 0.6) is 0 Å². The van der Waals surface area contributed by atoms with E-state index in [1.165, 1.54) is 12.8 Å². The SMILES string of the molecule is CC(C#N)NC1CCC(C)C1C. The molecule has 4 atom stereocenters. The van der Waals surface area contributed by atoms with Crippen LogP contribution < -0.4 is 5.32 Å². The summed E-state index contributed by atoms with van der Waals surface area (Å²) in [6.07, 6.45) is 2.53. The maximum Gasteiger partial charge on any atom is 0.0926 e. The molecule has 1 aliphatic rings. The number of rotatable bonds is 2. The summed E-state index contributed by atoms with van der Waals surface area (Å²) in [5.74, 6) is 1.54. The number of nitrogens with zero attached hydrogens (tertiary/aromatic N) is 1. The van der Waals surface area contributed by atoms with Crippen molar-refractivity contribution in [2.24, 2.45) is 11.8 Å². The van der Waals surface area contributed by atoms with Crippen LogP contribution >= 0.6 is 0 Å². The van der Waals surface area contributed by atoms with Crippen LogP contribution in [0.1, 0.15) is 33.6 Å². The van der Waals surface area contributed by atoms with E-state index < -0.39 is 0 Å². The van der Waals surface area contributed by atoms with Gasteiger partial charge in [0.15, 0.2) is 0 Å². The molecule has 0 aromatic carbocycles. The average Bonchev–Trinajstić information content (AvgIpc) is 2.36. The second kappa shape index (κ2) is 3.91. The lowest BCUT2D eigenvalue weighted by molar-refractivity contribution is 0.362. The molecule has 0 aliphatic heterocycles. The molecule has 2 heteroatoms. The monoisotopic (exact) mass is 166 g/mol. The Kier molecular flexibility index (Phi) is 3.11. The van der Waals surface area contributed by atoms with Crippen molar-refractivity contribution >= 4 is 0 Å². The molecule has 68 valence electrons. The standard InChI is InChI=1S/C10H18N2/c1-7-4-5-10(9(7)3)12-8(2)6-11/h7-10,12H,4-5H2,1-3H3. The van der Waals surface area contributed by atoms with Gasteiger partial charge in [-0.05, 0) is 31.6 Å². The molecular formula is C10H18N2. The van der Waals surface area contributed by atoms with Gasteiger partial charge in [0.1, 0.15) is 0 Å². The zero-order valence-corrected chi connectivity index (χ0v) is 8.17. The van der Waals surface area contributed by atoms with Gasteiger partial charge in [0.2, 0.25) is 0 Å². The predicted octanol–water partition coefficient (Wildman–Crippen LogP) is 1.92. The normalized spacial score (nSPS) is 37.7. The Hall–Kier alpha value is -0.550. The van der Waals surface area contributed by atoms with Gasteiger partial charge < -0.3 is 0 Å². The summed E-state index contributed by atoms with van der Waals surface area (Å²) >= 11 is 0. The summed E-state index contributed by atoms with van der Waals surface area (Å²) < 4.78 is 0. The zero-order valence-electron chi connectivity index (χ0n) is 8.17. The van der Waals surface area contributed by atoms with E-state index in [4.69, 9.17) is 5.26 Å². The van der Waals surface area contributed by atoms with E-state index in [0.717, 1.165) is 11.8 Å². The van der Waals surface area contributed by atoms with Gasteiger partial charge in [-0.2, -0.15) is 5.26 Å². The molecular weight excluding hydrogens is 148 g/mol. The fourth-order valence-electron chi connectivity index (χ4n) is 1.96.